The van der Waals surface area contributed by atoms with Gasteiger partial charge in [-0.3, -0.25) is 4.98 Å². The minimum atomic E-state index is -1.23. The summed E-state index contributed by atoms with van der Waals surface area (Å²) in [5, 5.41) is 34.4. The van der Waals surface area contributed by atoms with Gasteiger partial charge >= 0.3 is 0 Å². The Morgan fingerprint density at radius 1 is 1.23 bits per heavy atom. The van der Waals surface area contributed by atoms with Crippen LogP contribution in [0.5, 0.6) is 0 Å². The van der Waals surface area contributed by atoms with Crippen LogP contribution in [0, 0.1) is 5.82 Å². The van der Waals surface area contributed by atoms with E-state index in [4.69, 9.17) is 33.7 Å². The molecule has 1 aliphatic rings. The maximum atomic E-state index is 13.3. The molecule has 1 aliphatic heterocycles. The molecule has 0 bridgehead atoms. The van der Waals surface area contributed by atoms with Crippen molar-refractivity contribution in [3.63, 3.8) is 0 Å². The number of ether oxygens (including phenoxy) is 1. The van der Waals surface area contributed by atoms with Gasteiger partial charge in [0, 0.05) is 22.9 Å². The fourth-order valence-corrected chi connectivity index (χ4v) is 4.38. The van der Waals surface area contributed by atoms with E-state index >= 15 is 0 Å². The predicted molar refractivity (Wildman–Crippen MR) is 113 cm³/mol. The van der Waals surface area contributed by atoms with Gasteiger partial charge in [0.25, 0.3) is 0 Å². The number of thioether (sulfide) groups is 1. The monoisotopic (exact) mass is 475 g/mol. The number of hydrogen-bond acceptors (Lipinski definition) is 8. The molecule has 3 rings (SSSR count). The molecule has 0 saturated carbocycles. The summed E-state index contributed by atoms with van der Waals surface area (Å²) in [5.74, 6) is -0.548. The summed E-state index contributed by atoms with van der Waals surface area (Å²) in [6.45, 7) is -0.461. The van der Waals surface area contributed by atoms with Gasteiger partial charge in [0.1, 0.15) is 29.6 Å². The zero-order valence-electron chi connectivity index (χ0n) is 15.5. The predicted octanol–water partition coefficient (Wildman–Crippen LogP) is 1.97. The van der Waals surface area contributed by atoms with Gasteiger partial charge in [-0.2, -0.15) is 0 Å². The molecule has 6 N–H and O–H groups in total. The molecule has 162 valence electrons. The molecule has 0 spiro atoms. The van der Waals surface area contributed by atoms with Crippen LogP contribution in [0.1, 0.15) is 5.56 Å². The number of aromatic nitrogens is 1. The molecule has 5 unspecified atom stereocenters. The second-order valence-corrected chi connectivity index (χ2v) is 8.57. The third-order valence-corrected chi connectivity index (χ3v) is 6.38. The van der Waals surface area contributed by atoms with Crippen molar-refractivity contribution in [2.24, 2.45) is 5.73 Å². The van der Waals surface area contributed by atoms with E-state index in [1.54, 1.807) is 18.2 Å². The molecule has 30 heavy (non-hydrogen) atoms. The number of aliphatic hydroxyl groups is 3. The van der Waals surface area contributed by atoms with Gasteiger partial charge in [0.15, 0.2) is 0 Å². The molecule has 0 radical (unpaired) electrons. The van der Waals surface area contributed by atoms with E-state index in [0.29, 0.717) is 20.5 Å². The molecular weight excluding hydrogens is 456 g/mol. The minimum absolute atomic E-state index is 0.155. The summed E-state index contributed by atoms with van der Waals surface area (Å²) in [5.41, 5.74) is 5.60. The summed E-state index contributed by atoms with van der Waals surface area (Å²) in [6.07, 6.45) is 0.410. The van der Waals surface area contributed by atoms with E-state index in [9.17, 15) is 19.7 Å². The van der Waals surface area contributed by atoms with E-state index < -0.39 is 42.2 Å². The number of rotatable bonds is 6. The number of benzene rings is 1. The largest absolute Gasteiger partial charge is 0.397 e. The van der Waals surface area contributed by atoms with Crippen LogP contribution in [-0.2, 0) is 4.74 Å². The van der Waals surface area contributed by atoms with Crippen molar-refractivity contribution in [2.45, 2.75) is 34.7 Å². The fraction of sp³-hybridized carbons (Fsp3) is 0.316. The first-order chi connectivity index (χ1) is 14.3. The second-order valence-electron chi connectivity index (χ2n) is 6.58. The quantitative estimate of drug-likeness (QED) is 0.429. The van der Waals surface area contributed by atoms with Crippen molar-refractivity contribution in [3.05, 3.63) is 64.3 Å². The van der Waals surface area contributed by atoms with E-state index in [-0.39, 0.29) is 5.70 Å². The van der Waals surface area contributed by atoms with Crippen molar-refractivity contribution in [3.8, 4) is 0 Å². The normalized spacial score (nSPS) is 27.1. The van der Waals surface area contributed by atoms with Crippen LogP contribution in [0.3, 0.4) is 0 Å². The molecule has 2 heterocycles. The summed E-state index contributed by atoms with van der Waals surface area (Å²) in [4.78, 5) is 4.41. The smallest absolute Gasteiger partial charge is 0.142 e. The lowest BCUT2D eigenvalue weighted by atomic mass is 9.97. The molecule has 5 atom stereocenters. The zero-order chi connectivity index (χ0) is 21.8. The number of aliphatic hydroxyl groups excluding tert-OH is 3. The Bertz CT molecular complexity index is 923. The summed E-state index contributed by atoms with van der Waals surface area (Å²) < 4.78 is 19.0. The second kappa shape index (κ2) is 10.1. The Kier molecular flexibility index (Phi) is 7.81. The molecule has 11 heteroatoms. The number of hydrogen-bond donors (Lipinski definition) is 5. The van der Waals surface area contributed by atoms with Crippen LogP contribution in [0.4, 0.5) is 4.39 Å². The maximum absolute atomic E-state index is 13.3. The highest BCUT2D eigenvalue weighted by atomic mass is 35.5. The average molecular weight is 476 g/mol. The summed E-state index contributed by atoms with van der Waals surface area (Å²) in [6, 6.07) is 5.24. The SMILES string of the molecule is N/C(=C\NC1C(O)C(CO)OC(Sc2ccc(Cl)c(Cl)c2)C1O)c1cncc(F)c1. The van der Waals surface area contributed by atoms with E-state index in [1.165, 1.54) is 18.5 Å². The van der Waals surface area contributed by atoms with Gasteiger partial charge in [-0.25, -0.2) is 4.39 Å². The molecule has 1 aromatic heterocycles. The lowest BCUT2D eigenvalue weighted by molar-refractivity contribution is -0.164. The Morgan fingerprint density at radius 2 is 2.00 bits per heavy atom. The third-order valence-electron chi connectivity index (χ3n) is 4.50. The lowest BCUT2D eigenvalue weighted by Crippen LogP contribution is -2.62. The van der Waals surface area contributed by atoms with E-state index in [0.717, 1.165) is 18.0 Å². The molecule has 1 saturated heterocycles. The van der Waals surface area contributed by atoms with Crippen molar-refractivity contribution >= 4 is 40.7 Å². The molecule has 1 aromatic carbocycles. The van der Waals surface area contributed by atoms with Crippen molar-refractivity contribution in [1.82, 2.24) is 10.3 Å². The van der Waals surface area contributed by atoms with E-state index in [1.807, 2.05) is 0 Å². The van der Waals surface area contributed by atoms with E-state index in [2.05, 4.69) is 10.3 Å². The Morgan fingerprint density at radius 3 is 2.67 bits per heavy atom. The fourth-order valence-electron chi connectivity index (χ4n) is 2.90. The summed E-state index contributed by atoms with van der Waals surface area (Å²) >= 11 is 13.1. The highest BCUT2D eigenvalue weighted by Gasteiger charge is 2.44. The molecule has 0 amide bonds. The Labute approximate surface area is 186 Å². The van der Waals surface area contributed by atoms with Crippen molar-refractivity contribution < 1.29 is 24.4 Å². The topological polar surface area (TPSA) is 121 Å². The zero-order valence-corrected chi connectivity index (χ0v) is 17.8. The molecule has 2 aromatic rings. The molecule has 7 nitrogen and oxygen atoms in total. The van der Waals surface area contributed by atoms with Crippen LogP contribution in [0.15, 0.2) is 47.8 Å². The van der Waals surface area contributed by atoms with Gasteiger partial charge in [-0.05, 0) is 24.3 Å². The Hall–Kier alpha value is -1.59. The molecule has 1 fully saturated rings. The van der Waals surface area contributed by atoms with Gasteiger partial charge in [-0.15, -0.1) is 0 Å². The molecule has 0 aliphatic carbocycles. The van der Waals surface area contributed by atoms with Gasteiger partial charge < -0.3 is 31.1 Å². The lowest BCUT2D eigenvalue weighted by Gasteiger charge is -2.42. The van der Waals surface area contributed by atoms with Crippen LogP contribution >= 0.6 is 35.0 Å². The van der Waals surface area contributed by atoms with Crippen LogP contribution in [-0.4, -0.2) is 56.7 Å². The number of nitrogens with two attached hydrogens (primary N) is 1. The number of nitrogens with one attached hydrogen (secondary N) is 1. The first-order valence-corrected chi connectivity index (χ1v) is 10.5. The van der Waals surface area contributed by atoms with Crippen LogP contribution in [0.25, 0.3) is 5.70 Å². The highest BCUT2D eigenvalue weighted by Crippen LogP contribution is 2.36. The Balaban J connectivity index is 1.78. The van der Waals surface area contributed by atoms with Crippen LogP contribution in [0.2, 0.25) is 10.0 Å². The maximum Gasteiger partial charge on any atom is 0.142 e. The van der Waals surface area contributed by atoms with Gasteiger partial charge in [0.05, 0.1) is 34.6 Å². The minimum Gasteiger partial charge on any atom is -0.397 e. The molecular formula is C19H20Cl2FN3O4S. The van der Waals surface area contributed by atoms with Gasteiger partial charge in [-0.1, -0.05) is 35.0 Å². The number of nitrogens with zero attached hydrogens (tertiary/aromatic N) is 1. The van der Waals surface area contributed by atoms with Crippen LogP contribution < -0.4 is 11.1 Å². The van der Waals surface area contributed by atoms with Crippen molar-refractivity contribution in [1.29, 1.82) is 0 Å². The third kappa shape index (κ3) is 5.36. The first-order valence-electron chi connectivity index (χ1n) is 8.87. The number of pyridine rings is 1. The highest BCUT2D eigenvalue weighted by molar-refractivity contribution is 7.99. The van der Waals surface area contributed by atoms with Gasteiger partial charge in [0.2, 0.25) is 0 Å². The van der Waals surface area contributed by atoms with Crippen molar-refractivity contribution in [2.75, 3.05) is 6.61 Å². The standard InChI is InChI=1S/C19H20Cl2FN3O4S/c20-12-2-1-11(4-13(12)21)30-19-18(28)16(17(27)15(8-26)29-19)25-7-14(23)9-3-10(22)6-24-5-9/h1-7,15-19,25-28H,8,23H2/b14-7-. The summed E-state index contributed by atoms with van der Waals surface area (Å²) in [7, 11) is 0. The average Bonchev–Trinajstić information content (AvgIpc) is 2.72. The first kappa shape index (κ1) is 23.1. The number of halogens is 3.